The Balaban J connectivity index is 2.06. The summed E-state index contributed by atoms with van der Waals surface area (Å²) < 4.78 is 5.63. The standard InChI is InChI=1S/C13H24N2O2/c1-12(2)9-15(8-10-6-5-7-17-10)11(16)13(3,4)14-12/h10,14H,5-9H2,1-4H3. The Bertz CT molecular complexity index is 307. The molecule has 2 rings (SSSR count). The number of carbonyl (C=O) groups is 1. The second kappa shape index (κ2) is 4.25. The molecule has 0 spiro atoms. The van der Waals surface area contributed by atoms with E-state index in [0.717, 1.165) is 32.5 Å². The highest BCUT2D eigenvalue weighted by Gasteiger charge is 2.43. The van der Waals surface area contributed by atoms with Gasteiger partial charge in [-0.15, -0.1) is 0 Å². The van der Waals surface area contributed by atoms with Crippen LogP contribution in [0.2, 0.25) is 0 Å². The molecule has 0 aromatic carbocycles. The lowest BCUT2D eigenvalue weighted by molar-refractivity contribution is -0.145. The minimum atomic E-state index is -0.472. The van der Waals surface area contributed by atoms with Crippen molar-refractivity contribution in [1.29, 1.82) is 0 Å². The predicted molar refractivity (Wildman–Crippen MR) is 66.8 cm³/mol. The van der Waals surface area contributed by atoms with Crippen LogP contribution in [0.15, 0.2) is 0 Å². The molecule has 2 aliphatic heterocycles. The molecule has 0 radical (unpaired) electrons. The van der Waals surface area contributed by atoms with Crippen LogP contribution in [-0.4, -0.2) is 47.7 Å². The van der Waals surface area contributed by atoms with Gasteiger partial charge in [-0.2, -0.15) is 0 Å². The zero-order valence-electron chi connectivity index (χ0n) is 11.4. The molecule has 1 atom stereocenters. The van der Waals surface area contributed by atoms with Gasteiger partial charge in [-0.1, -0.05) is 0 Å². The monoisotopic (exact) mass is 240 g/mol. The van der Waals surface area contributed by atoms with Gasteiger partial charge >= 0.3 is 0 Å². The zero-order chi connectivity index (χ0) is 12.7. The largest absolute Gasteiger partial charge is 0.376 e. The number of amides is 1. The molecule has 0 saturated carbocycles. The van der Waals surface area contributed by atoms with Crippen LogP contribution in [0.5, 0.6) is 0 Å². The van der Waals surface area contributed by atoms with Crippen molar-refractivity contribution in [2.24, 2.45) is 0 Å². The summed E-state index contributed by atoms with van der Waals surface area (Å²) in [5, 5.41) is 3.40. The number of nitrogens with zero attached hydrogens (tertiary/aromatic N) is 1. The third kappa shape index (κ3) is 2.80. The first kappa shape index (κ1) is 12.8. The molecule has 0 aromatic heterocycles. The van der Waals surface area contributed by atoms with Crippen LogP contribution in [0.1, 0.15) is 40.5 Å². The summed E-state index contributed by atoms with van der Waals surface area (Å²) in [4.78, 5) is 14.3. The lowest BCUT2D eigenvalue weighted by Gasteiger charge is -2.47. The SMILES string of the molecule is CC1(C)CN(CC2CCCO2)C(=O)C(C)(C)N1. The van der Waals surface area contributed by atoms with Crippen LogP contribution >= 0.6 is 0 Å². The summed E-state index contributed by atoms with van der Waals surface area (Å²) in [6.45, 7) is 10.5. The fourth-order valence-electron chi connectivity index (χ4n) is 3.06. The second-order valence-electron chi connectivity index (χ2n) is 6.45. The molecular formula is C13H24N2O2. The number of carbonyl (C=O) groups excluding carboxylic acids is 1. The van der Waals surface area contributed by atoms with Gasteiger partial charge in [0, 0.05) is 25.2 Å². The Hall–Kier alpha value is -0.610. The number of rotatable bonds is 2. The molecule has 1 N–H and O–H groups in total. The van der Waals surface area contributed by atoms with Gasteiger partial charge in [0.15, 0.2) is 0 Å². The molecule has 0 aliphatic carbocycles. The van der Waals surface area contributed by atoms with Crippen molar-refractivity contribution >= 4 is 5.91 Å². The van der Waals surface area contributed by atoms with Crippen molar-refractivity contribution in [3.05, 3.63) is 0 Å². The summed E-state index contributed by atoms with van der Waals surface area (Å²) in [5.41, 5.74) is -0.504. The summed E-state index contributed by atoms with van der Waals surface area (Å²) >= 11 is 0. The maximum Gasteiger partial charge on any atom is 0.242 e. The Kier molecular flexibility index (Phi) is 3.21. The van der Waals surface area contributed by atoms with Crippen molar-refractivity contribution in [3.63, 3.8) is 0 Å². The van der Waals surface area contributed by atoms with Gasteiger partial charge < -0.3 is 9.64 Å². The van der Waals surface area contributed by atoms with Gasteiger partial charge in [-0.3, -0.25) is 10.1 Å². The van der Waals surface area contributed by atoms with Gasteiger partial charge in [-0.05, 0) is 40.5 Å². The zero-order valence-corrected chi connectivity index (χ0v) is 11.4. The van der Waals surface area contributed by atoms with Crippen molar-refractivity contribution in [2.75, 3.05) is 19.7 Å². The quantitative estimate of drug-likeness (QED) is 0.787. The highest BCUT2D eigenvalue weighted by atomic mass is 16.5. The molecule has 2 aliphatic rings. The lowest BCUT2D eigenvalue weighted by Crippen LogP contribution is -2.70. The van der Waals surface area contributed by atoms with Crippen LogP contribution in [0.4, 0.5) is 0 Å². The van der Waals surface area contributed by atoms with E-state index in [2.05, 4.69) is 19.2 Å². The average molecular weight is 240 g/mol. The van der Waals surface area contributed by atoms with E-state index in [0.29, 0.717) is 0 Å². The van der Waals surface area contributed by atoms with Crippen molar-refractivity contribution in [3.8, 4) is 0 Å². The lowest BCUT2D eigenvalue weighted by atomic mass is 9.90. The molecule has 17 heavy (non-hydrogen) atoms. The third-order valence-electron chi connectivity index (χ3n) is 3.51. The normalized spacial score (nSPS) is 31.9. The van der Waals surface area contributed by atoms with E-state index in [1.807, 2.05) is 18.7 Å². The first-order valence-electron chi connectivity index (χ1n) is 6.50. The van der Waals surface area contributed by atoms with Gasteiger partial charge in [0.1, 0.15) is 0 Å². The van der Waals surface area contributed by atoms with E-state index in [1.165, 1.54) is 0 Å². The Morgan fingerprint density at radius 1 is 1.41 bits per heavy atom. The molecule has 4 nitrogen and oxygen atoms in total. The first-order valence-corrected chi connectivity index (χ1v) is 6.50. The molecule has 0 bridgehead atoms. The molecule has 98 valence electrons. The van der Waals surface area contributed by atoms with Crippen LogP contribution in [0.25, 0.3) is 0 Å². The van der Waals surface area contributed by atoms with Gasteiger partial charge in [0.05, 0.1) is 11.6 Å². The fraction of sp³-hybridized carbons (Fsp3) is 0.923. The number of nitrogens with one attached hydrogen (secondary N) is 1. The average Bonchev–Trinajstić information content (AvgIpc) is 2.64. The summed E-state index contributed by atoms with van der Waals surface area (Å²) in [6, 6.07) is 0. The van der Waals surface area contributed by atoms with Crippen LogP contribution < -0.4 is 5.32 Å². The highest BCUT2D eigenvalue weighted by molar-refractivity contribution is 5.86. The smallest absolute Gasteiger partial charge is 0.242 e. The molecule has 1 unspecified atom stereocenters. The summed E-state index contributed by atoms with van der Waals surface area (Å²) in [7, 11) is 0. The van der Waals surface area contributed by atoms with E-state index in [1.54, 1.807) is 0 Å². The summed E-state index contributed by atoms with van der Waals surface area (Å²) in [5.74, 6) is 0.187. The molecular weight excluding hydrogens is 216 g/mol. The van der Waals surface area contributed by atoms with Crippen LogP contribution in [0.3, 0.4) is 0 Å². The minimum Gasteiger partial charge on any atom is -0.376 e. The molecule has 2 saturated heterocycles. The maximum atomic E-state index is 12.3. The highest BCUT2D eigenvalue weighted by Crippen LogP contribution is 2.24. The Morgan fingerprint density at radius 2 is 2.12 bits per heavy atom. The molecule has 2 heterocycles. The number of ether oxygens (including phenoxy) is 1. The number of hydrogen-bond acceptors (Lipinski definition) is 3. The van der Waals surface area contributed by atoms with Crippen LogP contribution in [-0.2, 0) is 9.53 Å². The van der Waals surface area contributed by atoms with Crippen molar-refractivity contribution in [1.82, 2.24) is 10.2 Å². The van der Waals surface area contributed by atoms with E-state index in [-0.39, 0.29) is 17.6 Å². The first-order chi connectivity index (χ1) is 7.80. The maximum absolute atomic E-state index is 12.3. The minimum absolute atomic E-state index is 0.0317. The molecule has 0 aromatic rings. The third-order valence-corrected chi connectivity index (χ3v) is 3.51. The molecule has 1 amide bonds. The van der Waals surface area contributed by atoms with E-state index in [9.17, 15) is 4.79 Å². The predicted octanol–water partition coefficient (Wildman–Crippen LogP) is 1.15. The Labute approximate surface area is 104 Å². The van der Waals surface area contributed by atoms with E-state index >= 15 is 0 Å². The molecule has 4 heteroatoms. The van der Waals surface area contributed by atoms with Gasteiger partial charge in [0.2, 0.25) is 5.91 Å². The fourth-order valence-corrected chi connectivity index (χ4v) is 3.06. The topological polar surface area (TPSA) is 41.6 Å². The van der Waals surface area contributed by atoms with E-state index < -0.39 is 5.54 Å². The van der Waals surface area contributed by atoms with Gasteiger partial charge in [0.25, 0.3) is 0 Å². The number of piperazine rings is 1. The number of hydrogen-bond donors (Lipinski definition) is 1. The second-order valence-corrected chi connectivity index (χ2v) is 6.45. The van der Waals surface area contributed by atoms with Crippen molar-refractivity contribution < 1.29 is 9.53 Å². The van der Waals surface area contributed by atoms with Gasteiger partial charge in [-0.25, -0.2) is 0 Å². The Morgan fingerprint density at radius 3 is 2.71 bits per heavy atom. The van der Waals surface area contributed by atoms with Crippen LogP contribution in [0, 0.1) is 0 Å². The van der Waals surface area contributed by atoms with Crippen molar-refractivity contribution in [2.45, 2.75) is 57.7 Å². The molecule has 2 fully saturated rings. The van der Waals surface area contributed by atoms with E-state index in [4.69, 9.17) is 4.74 Å². The summed E-state index contributed by atoms with van der Waals surface area (Å²) in [6.07, 6.45) is 2.44.